The summed E-state index contributed by atoms with van der Waals surface area (Å²) in [6.07, 6.45) is 0.864. The number of nitrogens with one attached hydrogen (secondary N) is 1. The SMILES string of the molecule is CCCn1c(NC(=O)c2cc([N+](=O)[O-])ccc2OC)nc2ccccc21. The number of anilines is 1. The number of rotatable bonds is 6. The first-order valence-corrected chi connectivity index (χ1v) is 8.14. The van der Waals surface area contributed by atoms with Crippen molar-refractivity contribution in [3.05, 3.63) is 58.1 Å². The molecule has 0 fully saturated rings. The fraction of sp³-hybridized carbons (Fsp3) is 0.222. The minimum absolute atomic E-state index is 0.0804. The van der Waals surface area contributed by atoms with E-state index in [0.29, 0.717) is 12.5 Å². The zero-order valence-corrected chi connectivity index (χ0v) is 14.4. The Bertz CT molecular complexity index is 980. The molecule has 0 unspecified atom stereocenters. The van der Waals surface area contributed by atoms with Crippen LogP contribution in [0.15, 0.2) is 42.5 Å². The van der Waals surface area contributed by atoms with Crippen LogP contribution >= 0.6 is 0 Å². The van der Waals surface area contributed by atoms with Crippen molar-refractivity contribution in [2.45, 2.75) is 19.9 Å². The Morgan fingerprint density at radius 3 is 2.77 bits per heavy atom. The minimum atomic E-state index is -0.553. The number of carbonyl (C=O) groups excluding carboxylic acids is 1. The number of benzene rings is 2. The van der Waals surface area contributed by atoms with Crippen LogP contribution in [-0.4, -0.2) is 27.5 Å². The summed E-state index contributed by atoms with van der Waals surface area (Å²) in [6, 6.07) is 11.5. The number of imidazole rings is 1. The monoisotopic (exact) mass is 354 g/mol. The molecule has 0 bridgehead atoms. The number of carbonyl (C=O) groups is 1. The molecule has 0 atom stereocenters. The van der Waals surface area contributed by atoms with E-state index in [1.54, 1.807) is 0 Å². The number of hydrogen-bond donors (Lipinski definition) is 1. The van der Waals surface area contributed by atoms with Crippen LogP contribution in [-0.2, 0) is 6.54 Å². The molecular weight excluding hydrogens is 336 g/mol. The highest BCUT2D eigenvalue weighted by molar-refractivity contribution is 6.06. The lowest BCUT2D eigenvalue weighted by atomic mass is 10.1. The maximum absolute atomic E-state index is 12.7. The molecule has 0 aliphatic heterocycles. The number of methoxy groups -OCH3 is 1. The highest BCUT2D eigenvalue weighted by Crippen LogP contribution is 2.26. The van der Waals surface area contributed by atoms with Crippen molar-refractivity contribution in [3.8, 4) is 5.75 Å². The minimum Gasteiger partial charge on any atom is -0.496 e. The molecule has 3 rings (SSSR count). The Kier molecular flexibility index (Phi) is 4.83. The third-order valence-electron chi connectivity index (χ3n) is 3.97. The number of ether oxygens (including phenoxy) is 1. The van der Waals surface area contributed by atoms with Crippen LogP contribution < -0.4 is 10.1 Å². The first kappa shape index (κ1) is 17.4. The van der Waals surface area contributed by atoms with Gasteiger partial charge in [-0.15, -0.1) is 0 Å². The van der Waals surface area contributed by atoms with E-state index < -0.39 is 10.8 Å². The molecule has 1 aromatic heterocycles. The molecule has 1 amide bonds. The maximum Gasteiger partial charge on any atom is 0.270 e. The molecule has 134 valence electrons. The zero-order chi connectivity index (χ0) is 18.7. The Labute approximate surface area is 149 Å². The molecule has 0 radical (unpaired) electrons. The third kappa shape index (κ3) is 3.21. The molecule has 1 heterocycles. The van der Waals surface area contributed by atoms with Crippen molar-refractivity contribution in [1.82, 2.24) is 9.55 Å². The molecule has 8 heteroatoms. The maximum atomic E-state index is 12.7. The first-order chi connectivity index (χ1) is 12.5. The van der Waals surface area contributed by atoms with Crippen LogP contribution in [0.3, 0.4) is 0 Å². The average molecular weight is 354 g/mol. The highest BCUT2D eigenvalue weighted by atomic mass is 16.6. The molecule has 0 saturated carbocycles. The summed E-state index contributed by atoms with van der Waals surface area (Å²) < 4.78 is 7.08. The van der Waals surface area contributed by atoms with Crippen LogP contribution in [0.1, 0.15) is 23.7 Å². The number of amides is 1. The van der Waals surface area contributed by atoms with Crippen LogP contribution in [0.4, 0.5) is 11.6 Å². The third-order valence-corrected chi connectivity index (χ3v) is 3.97. The summed E-state index contributed by atoms with van der Waals surface area (Å²) >= 11 is 0. The van der Waals surface area contributed by atoms with Crippen LogP contribution in [0.5, 0.6) is 5.75 Å². The van der Waals surface area contributed by atoms with E-state index >= 15 is 0 Å². The van der Waals surface area contributed by atoms with Crippen LogP contribution in [0, 0.1) is 10.1 Å². The van der Waals surface area contributed by atoms with Crippen molar-refractivity contribution in [1.29, 1.82) is 0 Å². The van der Waals surface area contributed by atoms with Gasteiger partial charge in [-0.1, -0.05) is 19.1 Å². The van der Waals surface area contributed by atoms with Crippen molar-refractivity contribution in [2.24, 2.45) is 0 Å². The van der Waals surface area contributed by atoms with E-state index in [1.807, 2.05) is 35.8 Å². The number of nitro groups is 1. The highest BCUT2D eigenvalue weighted by Gasteiger charge is 2.20. The molecule has 0 saturated heterocycles. The lowest BCUT2D eigenvalue weighted by molar-refractivity contribution is -0.384. The van der Waals surface area contributed by atoms with E-state index in [4.69, 9.17) is 4.74 Å². The standard InChI is InChI=1S/C18H18N4O4/c1-3-10-21-15-7-5-4-6-14(15)19-18(21)20-17(23)13-11-12(22(24)25)8-9-16(13)26-2/h4-9,11H,3,10H2,1-2H3,(H,19,20,23). The fourth-order valence-corrected chi connectivity index (χ4v) is 2.78. The van der Waals surface area contributed by atoms with Gasteiger partial charge >= 0.3 is 0 Å². The summed E-state index contributed by atoms with van der Waals surface area (Å²) in [5.74, 6) is 0.135. The molecule has 26 heavy (non-hydrogen) atoms. The van der Waals surface area contributed by atoms with Crippen LogP contribution in [0.25, 0.3) is 11.0 Å². The first-order valence-electron chi connectivity index (χ1n) is 8.14. The summed E-state index contributed by atoms with van der Waals surface area (Å²) in [5, 5.41) is 13.8. The van der Waals surface area contributed by atoms with Gasteiger partial charge in [0.25, 0.3) is 11.6 Å². The van der Waals surface area contributed by atoms with Gasteiger partial charge in [0.2, 0.25) is 5.95 Å². The molecule has 0 aliphatic carbocycles. The lowest BCUT2D eigenvalue weighted by Crippen LogP contribution is -2.17. The lowest BCUT2D eigenvalue weighted by Gasteiger charge is -2.11. The number of nitrogens with zero attached hydrogens (tertiary/aromatic N) is 3. The number of aromatic nitrogens is 2. The molecular formula is C18H18N4O4. The summed E-state index contributed by atoms with van der Waals surface area (Å²) in [7, 11) is 1.41. The smallest absolute Gasteiger partial charge is 0.270 e. The van der Waals surface area contributed by atoms with Crippen molar-refractivity contribution in [2.75, 3.05) is 12.4 Å². The van der Waals surface area contributed by atoms with Crippen molar-refractivity contribution < 1.29 is 14.5 Å². The number of nitro benzene ring substituents is 1. The van der Waals surface area contributed by atoms with E-state index in [2.05, 4.69) is 10.3 Å². The number of para-hydroxylation sites is 2. The van der Waals surface area contributed by atoms with Gasteiger partial charge in [-0.05, 0) is 24.6 Å². The van der Waals surface area contributed by atoms with Crippen molar-refractivity contribution in [3.63, 3.8) is 0 Å². The predicted octanol–water partition coefficient (Wildman–Crippen LogP) is 3.62. The Morgan fingerprint density at radius 1 is 1.31 bits per heavy atom. The Morgan fingerprint density at radius 2 is 2.08 bits per heavy atom. The quantitative estimate of drug-likeness (QED) is 0.538. The van der Waals surface area contributed by atoms with Crippen LogP contribution in [0.2, 0.25) is 0 Å². The molecule has 3 aromatic rings. The molecule has 2 aromatic carbocycles. The predicted molar refractivity (Wildman–Crippen MR) is 97.6 cm³/mol. The van der Waals surface area contributed by atoms with Crippen molar-refractivity contribution >= 4 is 28.6 Å². The second-order valence-corrected chi connectivity index (χ2v) is 5.67. The summed E-state index contributed by atoms with van der Waals surface area (Å²) in [4.78, 5) is 27.7. The zero-order valence-electron chi connectivity index (χ0n) is 14.4. The fourth-order valence-electron chi connectivity index (χ4n) is 2.78. The van der Waals surface area contributed by atoms with Gasteiger partial charge in [0.15, 0.2) is 0 Å². The second kappa shape index (κ2) is 7.22. The largest absolute Gasteiger partial charge is 0.496 e. The topological polar surface area (TPSA) is 99.3 Å². The summed E-state index contributed by atoms with van der Waals surface area (Å²) in [5.41, 5.74) is 1.58. The number of non-ortho nitro benzene ring substituents is 1. The van der Waals surface area contributed by atoms with E-state index in [9.17, 15) is 14.9 Å². The van der Waals surface area contributed by atoms with E-state index in [1.165, 1.54) is 25.3 Å². The van der Waals surface area contributed by atoms with Gasteiger partial charge in [-0.2, -0.15) is 0 Å². The normalized spacial score (nSPS) is 10.7. The van der Waals surface area contributed by atoms with Gasteiger partial charge in [0, 0.05) is 18.7 Å². The van der Waals surface area contributed by atoms with Gasteiger partial charge in [-0.3, -0.25) is 20.2 Å². The van der Waals surface area contributed by atoms with E-state index in [-0.39, 0.29) is 17.0 Å². The second-order valence-electron chi connectivity index (χ2n) is 5.67. The van der Waals surface area contributed by atoms with Gasteiger partial charge in [0.05, 0.1) is 28.6 Å². The number of aryl methyl sites for hydroxylation is 1. The molecule has 0 aliphatic rings. The average Bonchev–Trinajstić information content (AvgIpc) is 2.98. The van der Waals surface area contributed by atoms with E-state index in [0.717, 1.165) is 17.5 Å². The molecule has 1 N–H and O–H groups in total. The number of hydrogen-bond acceptors (Lipinski definition) is 5. The van der Waals surface area contributed by atoms with Gasteiger partial charge in [0.1, 0.15) is 5.75 Å². The van der Waals surface area contributed by atoms with Gasteiger partial charge < -0.3 is 9.30 Å². The summed E-state index contributed by atoms with van der Waals surface area (Å²) in [6.45, 7) is 2.71. The number of fused-ring (bicyclic) bond motifs is 1. The Balaban J connectivity index is 2.00. The molecule has 0 spiro atoms. The van der Waals surface area contributed by atoms with Gasteiger partial charge in [-0.25, -0.2) is 4.98 Å². The molecule has 8 nitrogen and oxygen atoms in total. The Hall–Kier alpha value is -3.42.